The highest BCUT2D eigenvalue weighted by molar-refractivity contribution is 7.80. The molecule has 1 unspecified atom stereocenters. The molecule has 1 amide bonds. The molecule has 0 bridgehead atoms. The third-order valence-electron chi connectivity index (χ3n) is 5.81. The number of fused-ring (bicyclic) bond motifs is 1. The molecule has 2 N–H and O–H groups in total. The fourth-order valence-corrected chi connectivity index (χ4v) is 3.95. The van der Waals surface area contributed by atoms with E-state index in [9.17, 15) is 4.79 Å². The van der Waals surface area contributed by atoms with Crippen LogP contribution in [0.5, 0.6) is 0 Å². The number of nitrogens with zero attached hydrogens (tertiary/aromatic N) is 1. The highest BCUT2D eigenvalue weighted by Crippen LogP contribution is 2.29. The molecule has 33 heavy (non-hydrogen) atoms. The SMILES string of the molecule is CCC(C)c1ccc2oc(-c3cccc(NC(=S)NC(=O)c4ccc(C)cc4C)c3)nc2c1. The number of rotatable bonds is 5. The number of benzene rings is 3. The summed E-state index contributed by atoms with van der Waals surface area (Å²) in [6, 6.07) is 19.5. The molecule has 1 atom stereocenters. The summed E-state index contributed by atoms with van der Waals surface area (Å²) >= 11 is 5.36. The Morgan fingerprint density at radius 1 is 1.09 bits per heavy atom. The summed E-state index contributed by atoms with van der Waals surface area (Å²) < 4.78 is 5.99. The van der Waals surface area contributed by atoms with Gasteiger partial charge in [-0.1, -0.05) is 43.7 Å². The Morgan fingerprint density at radius 3 is 2.67 bits per heavy atom. The van der Waals surface area contributed by atoms with E-state index in [-0.39, 0.29) is 11.0 Å². The quantitative estimate of drug-likeness (QED) is 0.324. The van der Waals surface area contributed by atoms with Crippen molar-refractivity contribution in [3.8, 4) is 11.5 Å². The lowest BCUT2D eigenvalue weighted by atomic mass is 9.98. The van der Waals surface area contributed by atoms with E-state index < -0.39 is 0 Å². The van der Waals surface area contributed by atoms with Crippen molar-refractivity contribution in [2.24, 2.45) is 0 Å². The Morgan fingerprint density at radius 2 is 1.91 bits per heavy atom. The van der Waals surface area contributed by atoms with Gasteiger partial charge in [0.1, 0.15) is 5.52 Å². The van der Waals surface area contributed by atoms with E-state index in [4.69, 9.17) is 16.6 Å². The van der Waals surface area contributed by atoms with Gasteiger partial charge in [-0.3, -0.25) is 10.1 Å². The lowest BCUT2D eigenvalue weighted by molar-refractivity contribution is 0.0977. The number of carbonyl (C=O) groups excluding carboxylic acids is 1. The van der Waals surface area contributed by atoms with Gasteiger partial charge in [0.2, 0.25) is 5.89 Å². The lowest BCUT2D eigenvalue weighted by Crippen LogP contribution is -2.34. The minimum absolute atomic E-state index is 0.230. The van der Waals surface area contributed by atoms with Crippen LogP contribution < -0.4 is 10.6 Å². The highest BCUT2D eigenvalue weighted by atomic mass is 32.1. The van der Waals surface area contributed by atoms with Gasteiger partial charge in [-0.25, -0.2) is 4.98 Å². The summed E-state index contributed by atoms with van der Waals surface area (Å²) in [4.78, 5) is 17.3. The lowest BCUT2D eigenvalue weighted by Gasteiger charge is -2.11. The summed E-state index contributed by atoms with van der Waals surface area (Å²) in [6.45, 7) is 8.29. The number of anilines is 1. The zero-order chi connectivity index (χ0) is 23.5. The average molecular weight is 458 g/mol. The number of aromatic nitrogens is 1. The van der Waals surface area contributed by atoms with Gasteiger partial charge in [0.25, 0.3) is 5.91 Å². The normalized spacial score (nSPS) is 11.9. The summed E-state index contributed by atoms with van der Waals surface area (Å²) in [6.07, 6.45) is 1.07. The third-order valence-corrected chi connectivity index (χ3v) is 6.02. The number of aryl methyl sites for hydroxylation is 2. The molecule has 3 aromatic carbocycles. The average Bonchev–Trinajstić information content (AvgIpc) is 3.22. The maximum atomic E-state index is 12.6. The topological polar surface area (TPSA) is 67.2 Å². The Bertz CT molecular complexity index is 1340. The molecule has 0 saturated carbocycles. The van der Waals surface area contributed by atoms with E-state index in [1.807, 2.05) is 62.4 Å². The highest BCUT2D eigenvalue weighted by Gasteiger charge is 2.13. The summed E-state index contributed by atoms with van der Waals surface area (Å²) in [5.74, 6) is 0.777. The fourth-order valence-electron chi connectivity index (χ4n) is 3.74. The monoisotopic (exact) mass is 457 g/mol. The van der Waals surface area contributed by atoms with E-state index in [1.165, 1.54) is 5.56 Å². The Balaban J connectivity index is 1.49. The van der Waals surface area contributed by atoms with Crippen molar-refractivity contribution < 1.29 is 9.21 Å². The summed E-state index contributed by atoms with van der Waals surface area (Å²) in [5.41, 5.74) is 7.03. The predicted molar refractivity (Wildman–Crippen MR) is 138 cm³/mol. The van der Waals surface area contributed by atoms with Gasteiger partial charge in [-0.05, 0) is 85.9 Å². The Kier molecular flexibility index (Phi) is 6.56. The van der Waals surface area contributed by atoms with Gasteiger partial charge in [-0.2, -0.15) is 0 Å². The molecule has 0 fully saturated rings. The molecule has 5 nitrogen and oxygen atoms in total. The zero-order valence-electron chi connectivity index (χ0n) is 19.2. The van der Waals surface area contributed by atoms with Crippen molar-refractivity contribution >= 4 is 40.0 Å². The molecular weight excluding hydrogens is 430 g/mol. The number of oxazole rings is 1. The number of hydrogen-bond donors (Lipinski definition) is 2. The second-order valence-corrected chi connectivity index (χ2v) is 8.77. The van der Waals surface area contributed by atoms with Crippen molar-refractivity contribution in [2.75, 3.05) is 5.32 Å². The number of hydrogen-bond acceptors (Lipinski definition) is 4. The molecule has 6 heteroatoms. The second kappa shape index (κ2) is 9.55. The second-order valence-electron chi connectivity index (χ2n) is 8.36. The van der Waals surface area contributed by atoms with Crippen LogP contribution in [0.15, 0.2) is 65.1 Å². The number of carbonyl (C=O) groups is 1. The van der Waals surface area contributed by atoms with Crippen molar-refractivity contribution in [3.05, 3.63) is 82.9 Å². The molecule has 0 aliphatic heterocycles. The van der Waals surface area contributed by atoms with Crippen LogP contribution in [0.4, 0.5) is 5.69 Å². The smallest absolute Gasteiger partial charge is 0.257 e. The standard InChI is InChI=1S/C27H27N3O2S/c1-5-17(3)19-10-12-24-23(15-19)29-26(32-24)20-7-6-8-21(14-20)28-27(33)30-25(31)22-11-9-16(2)13-18(22)4/h6-15,17H,5H2,1-4H3,(H2,28,30,31,33). The van der Waals surface area contributed by atoms with E-state index in [0.717, 1.165) is 39.9 Å². The molecule has 168 valence electrons. The first-order valence-electron chi connectivity index (χ1n) is 11.0. The van der Waals surface area contributed by atoms with Gasteiger partial charge < -0.3 is 9.73 Å². The molecule has 0 aliphatic carbocycles. The van der Waals surface area contributed by atoms with Crippen LogP contribution in [0.2, 0.25) is 0 Å². The molecule has 0 aliphatic rings. The third kappa shape index (κ3) is 5.12. The first kappa shape index (κ1) is 22.7. The largest absolute Gasteiger partial charge is 0.436 e. The van der Waals surface area contributed by atoms with Gasteiger partial charge in [0.05, 0.1) is 0 Å². The van der Waals surface area contributed by atoms with Gasteiger partial charge >= 0.3 is 0 Å². The van der Waals surface area contributed by atoms with Crippen LogP contribution in [-0.4, -0.2) is 16.0 Å². The van der Waals surface area contributed by atoms with Gasteiger partial charge in [0.15, 0.2) is 10.7 Å². The molecular formula is C27H27N3O2S. The Hall–Kier alpha value is -3.51. The maximum absolute atomic E-state index is 12.6. The van der Waals surface area contributed by atoms with Crippen molar-refractivity contribution in [1.82, 2.24) is 10.3 Å². The predicted octanol–water partition coefficient (Wildman–Crippen LogP) is 6.75. The number of nitrogens with one attached hydrogen (secondary N) is 2. The molecule has 1 aromatic heterocycles. The van der Waals surface area contributed by atoms with E-state index in [0.29, 0.717) is 17.4 Å². The van der Waals surface area contributed by atoms with Crippen LogP contribution in [-0.2, 0) is 0 Å². The Labute approximate surface area is 199 Å². The molecule has 4 rings (SSSR count). The van der Waals surface area contributed by atoms with E-state index in [1.54, 1.807) is 0 Å². The van der Waals surface area contributed by atoms with Crippen molar-refractivity contribution in [1.29, 1.82) is 0 Å². The van der Waals surface area contributed by atoms with E-state index >= 15 is 0 Å². The number of amides is 1. The van der Waals surface area contributed by atoms with Crippen LogP contribution in [0, 0.1) is 13.8 Å². The van der Waals surface area contributed by atoms with Gasteiger partial charge in [0, 0.05) is 16.8 Å². The summed E-state index contributed by atoms with van der Waals surface area (Å²) in [5, 5.41) is 6.06. The van der Waals surface area contributed by atoms with Crippen LogP contribution >= 0.6 is 12.2 Å². The van der Waals surface area contributed by atoms with E-state index in [2.05, 4.69) is 41.6 Å². The molecule has 0 spiro atoms. The zero-order valence-corrected chi connectivity index (χ0v) is 20.0. The molecule has 4 aromatic rings. The first-order chi connectivity index (χ1) is 15.8. The molecule has 0 radical (unpaired) electrons. The first-order valence-corrected chi connectivity index (χ1v) is 11.5. The van der Waals surface area contributed by atoms with Crippen molar-refractivity contribution in [3.63, 3.8) is 0 Å². The minimum atomic E-state index is -0.239. The molecule has 1 heterocycles. The fraction of sp³-hybridized carbons (Fsp3) is 0.222. The maximum Gasteiger partial charge on any atom is 0.257 e. The van der Waals surface area contributed by atoms with Crippen LogP contribution in [0.3, 0.4) is 0 Å². The summed E-state index contributed by atoms with van der Waals surface area (Å²) in [7, 11) is 0. The molecule has 0 saturated heterocycles. The van der Waals surface area contributed by atoms with Crippen molar-refractivity contribution in [2.45, 2.75) is 40.0 Å². The van der Waals surface area contributed by atoms with Crippen LogP contribution in [0.25, 0.3) is 22.6 Å². The minimum Gasteiger partial charge on any atom is -0.436 e. The number of thiocarbonyl (C=S) groups is 1. The van der Waals surface area contributed by atoms with Crippen LogP contribution in [0.1, 0.15) is 53.2 Å². The van der Waals surface area contributed by atoms with Gasteiger partial charge in [-0.15, -0.1) is 0 Å².